The highest BCUT2D eigenvalue weighted by Crippen LogP contribution is 2.66. The Bertz CT molecular complexity index is 410. The first-order chi connectivity index (χ1) is 10.8. The summed E-state index contributed by atoms with van der Waals surface area (Å²) in [4.78, 5) is 2.45. The first kappa shape index (κ1) is 17.7. The van der Waals surface area contributed by atoms with Gasteiger partial charge >= 0.3 is 0 Å². The lowest BCUT2D eigenvalue weighted by Crippen LogP contribution is -2.42. The first-order valence-corrected chi connectivity index (χ1v) is 9.88. The topological polar surface area (TPSA) is 32.7 Å². The van der Waals surface area contributed by atoms with Crippen molar-refractivity contribution in [1.82, 2.24) is 4.90 Å². The van der Waals surface area contributed by atoms with Gasteiger partial charge in [0.25, 0.3) is 0 Å². The second-order valence-electron chi connectivity index (χ2n) is 9.25. The Morgan fingerprint density at radius 3 is 2.61 bits per heavy atom. The van der Waals surface area contributed by atoms with E-state index < -0.39 is 0 Å². The van der Waals surface area contributed by atoms with E-state index in [4.69, 9.17) is 4.74 Å². The second kappa shape index (κ2) is 6.65. The summed E-state index contributed by atoms with van der Waals surface area (Å²) in [6, 6.07) is 0.629. The summed E-state index contributed by atoms with van der Waals surface area (Å²) in [6.45, 7) is 12.3. The normalized spacial score (nSPS) is 41.3. The number of hydrogen-bond donors (Lipinski definition) is 1. The Kier molecular flexibility index (Phi) is 5.11. The number of nitrogens with zero attached hydrogens (tertiary/aromatic N) is 1. The minimum atomic E-state index is -0.241. The molecule has 0 unspecified atom stereocenters. The number of rotatable bonds is 6. The van der Waals surface area contributed by atoms with Crippen molar-refractivity contribution in [3.63, 3.8) is 0 Å². The van der Waals surface area contributed by atoms with Gasteiger partial charge in [0.15, 0.2) is 0 Å². The third-order valence-corrected chi connectivity index (χ3v) is 7.87. The number of likely N-dealkylation sites (tertiary alicyclic amines) is 1. The molecule has 0 spiro atoms. The molecule has 2 bridgehead atoms. The van der Waals surface area contributed by atoms with Crippen molar-refractivity contribution in [2.75, 3.05) is 19.7 Å². The van der Waals surface area contributed by atoms with Gasteiger partial charge in [-0.25, -0.2) is 0 Å². The molecule has 3 aliphatic rings. The van der Waals surface area contributed by atoms with Crippen LogP contribution in [0.1, 0.15) is 72.6 Å². The average molecular weight is 324 g/mol. The molecule has 3 heteroatoms. The molecule has 0 aromatic carbocycles. The predicted octanol–water partition coefficient (Wildman–Crippen LogP) is 3.84. The molecule has 0 radical (unpaired) electrons. The molecule has 3 rings (SSSR count). The summed E-state index contributed by atoms with van der Waals surface area (Å²) in [5.41, 5.74) is 0.753. The Labute approximate surface area is 142 Å². The van der Waals surface area contributed by atoms with Crippen molar-refractivity contribution < 1.29 is 9.84 Å². The van der Waals surface area contributed by atoms with Gasteiger partial charge in [-0.3, -0.25) is 4.90 Å². The van der Waals surface area contributed by atoms with Gasteiger partial charge in [-0.15, -0.1) is 0 Å². The zero-order valence-corrected chi connectivity index (χ0v) is 15.7. The molecule has 2 aliphatic carbocycles. The first-order valence-electron chi connectivity index (χ1n) is 9.88. The fourth-order valence-corrected chi connectivity index (χ4v) is 5.52. The van der Waals surface area contributed by atoms with Crippen molar-refractivity contribution in [2.45, 2.75) is 90.9 Å². The van der Waals surface area contributed by atoms with Gasteiger partial charge in [-0.1, -0.05) is 27.2 Å². The lowest BCUT2D eigenvalue weighted by molar-refractivity contribution is -0.0574. The van der Waals surface area contributed by atoms with Crippen molar-refractivity contribution >= 4 is 0 Å². The SMILES string of the molecule is C[C@@H]1CCCCN1C[C@H](O)CCO[C@@H]1C[C@@H]2CC[C@]1(C)C2(C)C. The molecule has 0 aromatic heterocycles. The molecule has 3 fully saturated rings. The van der Waals surface area contributed by atoms with Crippen molar-refractivity contribution in [2.24, 2.45) is 16.7 Å². The lowest BCUT2D eigenvalue weighted by atomic mass is 9.70. The van der Waals surface area contributed by atoms with Gasteiger partial charge in [0.05, 0.1) is 12.2 Å². The summed E-state index contributed by atoms with van der Waals surface area (Å²) in [7, 11) is 0. The van der Waals surface area contributed by atoms with E-state index in [1.165, 1.54) is 38.5 Å². The largest absolute Gasteiger partial charge is 0.392 e. The fraction of sp³-hybridized carbons (Fsp3) is 1.00. The molecular formula is C20H37NO2. The van der Waals surface area contributed by atoms with E-state index in [1.54, 1.807) is 0 Å². The molecule has 134 valence electrons. The van der Waals surface area contributed by atoms with Crippen molar-refractivity contribution in [3.8, 4) is 0 Å². The number of fused-ring (bicyclic) bond motifs is 2. The molecule has 1 N–H and O–H groups in total. The molecule has 1 aliphatic heterocycles. The van der Waals surface area contributed by atoms with E-state index in [0.717, 1.165) is 25.4 Å². The van der Waals surface area contributed by atoms with Crippen LogP contribution in [0.15, 0.2) is 0 Å². The maximum Gasteiger partial charge on any atom is 0.0689 e. The number of aliphatic hydroxyl groups is 1. The standard InChI is InChI=1S/C20H37NO2/c1-15-7-5-6-11-21(15)14-17(22)9-12-23-18-13-16-8-10-20(18,4)19(16,2)3/h15-18,22H,5-14H2,1-4H3/t15-,16+,17-,18-,20+/m1/s1. The van der Waals surface area contributed by atoms with Gasteiger partial charge in [0.1, 0.15) is 0 Å². The molecule has 3 nitrogen and oxygen atoms in total. The van der Waals surface area contributed by atoms with Crippen LogP contribution >= 0.6 is 0 Å². The van der Waals surface area contributed by atoms with Gasteiger partial charge < -0.3 is 9.84 Å². The number of β-amino-alcohol motifs (C(OH)–C–C–N with tert-alkyl or cyclic N) is 1. The smallest absolute Gasteiger partial charge is 0.0689 e. The van der Waals surface area contributed by atoms with Crippen molar-refractivity contribution in [3.05, 3.63) is 0 Å². The van der Waals surface area contributed by atoms with Crippen LogP contribution in [0.5, 0.6) is 0 Å². The molecule has 5 atom stereocenters. The quantitative estimate of drug-likeness (QED) is 0.806. The van der Waals surface area contributed by atoms with Gasteiger partial charge in [-0.05, 0) is 68.7 Å². The minimum Gasteiger partial charge on any atom is -0.392 e. The van der Waals surface area contributed by atoms with E-state index in [1.807, 2.05) is 0 Å². The summed E-state index contributed by atoms with van der Waals surface area (Å²) < 4.78 is 6.28. The molecule has 0 aromatic rings. The van der Waals surface area contributed by atoms with E-state index >= 15 is 0 Å². The predicted molar refractivity (Wildman–Crippen MR) is 94.5 cm³/mol. The summed E-state index contributed by atoms with van der Waals surface area (Å²) in [5, 5.41) is 10.4. The van der Waals surface area contributed by atoms with Crippen LogP contribution in [-0.2, 0) is 4.74 Å². The third-order valence-electron chi connectivity index (χ3n) is 7.87. The van der Waals surface area contributed by atoms with Gasteiger partial charge in [0, 0.05) is 19.2 Å². The van der Waals surface area contributed by atoms with Crippen LogP contribution in [0.4, 0.5) is 0 Å². The Balaban J connectivity index is 1.42. The Morgan fingerprint density at radius 2 is 2.00 bits per heavy atom. The van der Waals surface area contributed by atoms with Crippen LogP contribution in [0.3, 0.4) is 0 Å². The molecule has 1 saturated heterocycles. The van der Waals surface area contributed by atoms with Gasteiger partial charge in [-0.2, -0.15) is 0 Å². The molecule has 23 heavy (non-hydrogen) atoms. The van der Waals surface area contributed by atoms with E-state index in [0.29, 0.717) is 29.6 Å². The third kappa shape index (κ3) is 3.21. The Morgan fingerprint density at radius 1 is 1.22 bits per heavy atom. The van der Waals surface area contributed by atoms with E-state index in [-0.39, 0.29) is 6.10 Å². The summed E-state index contributed by atoms with van der Waals surface area (Å²) in [5.74, 6) is 0.830. The maximum atomic E-state index is 10.4. The molecule has 0 amide bonds. The van der Waals surface area contributed by atoms with Crippen molar-refractivity contribution in [1.29, 1.82) is 0 Å². The Hall–Kier alpha value is -0.120. The van der Waals surface area contributed by atoms with Crippen LogP contribution in [0.25, 0.3) is 0 Å². The molecular weight excluding hydrogens is 286 g/mol. The maximum absolute atomic E-state index is 10.4. The number of ether oxygens (including phenoxy) is 1. The average Bonchev–Trinajstić information content (AvgIpc) is 2.83. The van der Waals surface area contributed by atoms with Gasteiger partial charge in [0.2, 0.25) is 0 Å². The highest BCUT2D eigenvalue weighted by Gasteiger charge is 2.61. The highest BCUT2D eigenvalue weighted by molar-refractivity contribution is 5.11. The van der Waals surface area contributed by atoms with E-state index in [2.05, 4.69) is 32.6 Å². The molecule has 2 saturated carbocycles. The zero-order valence-electron chi connectivity index (χ0n) is 15.7. The monoisotopic (exact) mass is 323 g/mol. The fourth-order valence-electron chi connectivity index (χ4n) is 5.52. The van der Waals surface area contributed by atoms with E-state index in [9.17, 15) is 5.11 Å². The highest BCUT2D eigenvalue weighted by atomic mass is 16.5. The number of hydrogen-bond acceptors (Lipinski definition) is 3. The summed E-state index contributed by atoms with van der Waals surface area (Å²) in [6.07, 6.45) is 8.75. The van der Waals surface area contributed by atoms with Crippen LogP contribution in [0, 0.1) is 16.7 Å². The zero-order chi connectivity index (χ0) is 16.7. The molecule has 1 heterocycles. The minimum absolute atomic E-state index is 0.241. The van der Waals surface area contributed by atoms with Crippen LogP contribution < -0.4 is 0 Å². The lowest BCUT2D eigenvalue weighted by Gasteiger charge is -2.39. The number of aliphatic hydroxyl groups excluding tert-OH is 1. The van der Waals surface area contributed by atoms with Crippen LogP contribution in [0.2, 0.25) is 0 Å². The second-order valence-corrected chi connectivity index (χ2v) is 9.25. The van der Waals surface area contributed by atoms with Crippen LogP contribution in [-0.4, -0.2) is 48.0 Å². The number of piperidine rings is 1. The summed E-state index contributed by atoms with van der Waals surface area (Å²) >= 11 is 0.